The summed E-state index contributed by atoms with van der Waals surface area (Å²) in [7, 11) is -4.02. The Balaban J connectivity index is 2.49. The van der Waals surface area contributed by atoms with E-state index in [-0.39, 0.29) is 26.2 Å². The molecule has 0 fully saturated rings. The first-order valence-electron chi connectivity index (χ1n) is 5.61. The van der Waals surface area contributed by atoms with E-state index in [2.05, 4.69) is 4.72 Å². The van der Waals surface area contributed by atoms with Gasteiger partial charge in [0.2, 0.25) is 0 Å². The number of hydrogen-bond donors (Lipinski definition) is 2. The summed E-state index contributed by atoms with van der Waals surface area (Å²) in [6, 6.07) is 9.63. The molecule has 2 aromatic rings. The van der Waals surface area contributed by atoms with E-state index < -0.39 is 16.0 Å². The molecule has 0 aromatic heterocycles. The Kier molecular flexibility index (Phi) is 4.41. The van der Waals surface area contributed by atoms with Crippen LogP contribution in [0.1, 0.15) is 10.4 Å². The van der Waals surface area contributed by atoms with Gasteiger partial charge in [0.05, 0.1) is 16.3 Å². The molecule has 0 unspecified atom stereocenters. The molecule has 0 heterocycles. The molecule has 0 saturated carbocycles. The fraction of sp³-hybridized carbons (Fsp3) is 0. The average Bonchev–Trinajstić information content (AvgIpc) is 2.38. The molecule has 2 N–H and O–H groups in total. The molecular formula is C13H9Cl2NO4S. The molecule has 2 aromatic carbocycles. The number of anilines is 1. The SMILES string of the molecule is O=C(O)c1ccc(Cl)cc1NS(=O)(=O)c1ccccc1Cl. The van der Waals surface area contributed by atoms with Crippen LogP contribution in [0.5, 0.6) is 0 Å². The molecular weight excluding hydrogens is 337 g/mol. The monoisotopic (exact) mass is 345 g/mol. The van der Waals surface area contributed by atoms with Gasteiger partial charge >= 0.3 is 5.97 Å². The highest BCUT2D eigenvalue weighted by molar-refractivity contribution is 7.92. The highest BCUT2D eigenvalue weighted by atomic mass is 35.5. The Morgan fingerprint density at radius 2 is 1.76 bits per heavy atom. The van der Waals surface area contributed by atoms with Crippen molar-refractivity contribution in [2.24, 2.45) is 0 Å². The quantitative estimate of drug-likeness (QED) is 0.888. The Morgan fingerprint density at radius 3 is 2.38 bits per heavy atom. The van der Waals surface area contributed by atoms with Gasteiger partial charge in [-0.15, -0.1) is 0 Å². The zero-order valence-electron chi connectivity index (χ0n) is 10.4. The zero-order valence-corrected chi connectivity index (χ0v) is 12.7. The van der Waals surface area contributed by atoms with Gasteiger partial charge < -0.3 is 5.11 Å². The number of halogens is 2. The zero-order chi connectivity index (χ0) is 15.6. The first-order chi connectivity index (χ1) is 9.81. The van der Waals surface area contributed by atoms with Crippen LogP contribution in [-0.2, 0) is 10.0 Å². The number of aromatic carboxylic acids is 1. The van der Waals surface area contributed by atoms with Gasteiger partial charge in [0.25, 0.3) is 10.0 Å². The number of nitrogens with one attached hydrogen (secondary N) is 1. The van der Waals surface area contributed by atoms with Gasteiger partial charge in [-0.05, 0) is 30.3 Å². The molecule has 0 spiro atoms. The predicted molar refractivity (Wildman–Crippen MR) is 80.7 cm³/mol. The lowest BCUT2D eigenvalue weighted by Crippen LogP contribution is -2.16. The molecule has 0 saturated heterocycles. The summed E-state index contributed by atoms with van der Waals surface area (Å²) < 4.78 is 26.7. The van der Waals surface area contributed by atoms with Crippen molar-refractivity contribution in [1.29, 1.82) is 0 Å². The van der Waals surface area contributed by atoms with Gasteiger partial charge in [0.15, 0.2) is 0 Å². The number of benzene rings is 2. The largest absolute Gasteiger partial charge is 0.478 e. The maximum absolute atomic E-state index is 12.3. The van der Waals surface area contributed by atoms with E-state index in [1.54, 1.807) is 6.07 Å². The van der Waals surface area contributed by atoms with Crippen LogP contribution in [0, 0.1) is 0 Å². The fourth-order valence-electron chi connectivity index (χ4n) is 1.65. The number of carbonyl (C=O) groups is 1. The van der Waals surface area contributed by atoms with Crippen LogP contribution in [0.3, 0.4) is 0 Å². The average molecular weight is 346 g/mol. The maximum Gasteiger partial charge on any atom is 0.337 e. The molecule has 0 aliphatic carbocycles. The third-order valence-corrected chi connectivity index (χ3v) is 4.68. The minimum atomic E-state index is -4.02. The Labute approximate surface area is 131 Å². The summed E-state index contributed by atoms with van der Waals surface area (Å²) in [4.78, 5) is 11.0. The van der Waals surface area contributed by atoms with E-state index >= 15 is 0 Å². The molecule has 2 rings (SSSR count). The topological polar surface area (TPSA) is 83.5 Å². The van der Waals surface area contributed by atoms with Crippen molar-refractivity contribution in [1.82, 2.24) is 0 Å². The lowest BCUT2D eigenvalue weighted by Gasteiger charge is -2.11. The van der Waals surface area contributed by atoms with Crippen molar-refractivity contribution >= 4 is 44.9 Å². The van der Waals surface area contributed by atoms with Crippen molar-refractivity contribution in [3.8, 4) is 0 Å². The Morgan fingerprint density at radius 1 is 1.10 bits per heavy atom. The minimum absolute atomic E-state index is 0.0314. The summed E-state index contributed by atoms with van der Waals surface area (Å²) in [6.07, 6.45) is 0. The number of hydrogen-bond acceptors (Lipinski definition) is 3. The molecule has 21 heavy (non-hydrogen) atoms. The van der Waals surface area contributed by atoms with E-state index in [4.69, 9.17) is 28.3 Å². The highest BCUT2D eigenvalue weighted by Gasteiger charge is 2.20. The molecule has 0 bridgehead atoms. The molecule has 5 nitrogen and oxygen atoms in total. The van der Waals surface area contributed by atoms with E-state index in [1.807, 2.05) is 0 Å². The summed E-state index contributed by atoms with van der Waals surface area (Å²) in [5.74, 6) is -1.27. The molecule has 0 aliphatic heterocycles. The normalized spacial score (nSPS) is 11.1. The van der Waals surface area contributed by atoms with Crippen LogP contribution < -0.4 is 4.72 Å². The number of rotatable bonds is 4. The van der Waals surface area contributed by atoms with Gasteiger partial charge in [-0.3, -0.25) is 4.72 Å². The number of sulfonamides is 1. The van der Waals surface area contributed by atoms with Gasteiger partial charge in [0.1, 0.15) is 4.90 Å². The van der Waals surface area contributed by atoms with Gasteiger partial charge in [0, 0.05) is 5.02 Å². The van der Waals surface area contributed by atoms with Crippen molar-refractivity contribution in [3.05, 3.63) is 58.1 Å². The second-order valence-corrected chi connectivity index (χ2v) is 6.53. The van der Waals surface area contributed by atoms with Gasteiger partial charge in [-0.2, -0.15) is 0 Å². The molecule has 0 amide bonds. The fourth-order valence-corrected chi connectivity index (χ4v) is 3.41. The molecule has 0 atom stereocenters. The van der Waals surface area contributed by atoms with E-state index in [9.17, 15) is 13.2 Å². The van der Waals surface area contributed by atoms with Crippen LogP contribution in [0.4, 0.5) is 5.69 Å². The summed E-state index contributed by atoms with van der Waals surface area (Å²) >= 11 is 11.6. The standard InChI is InChI=1S/C13H9Cl2NO4S/c14-8-5-6-9(13(17)18)11(7-8)16-21(19,20)12-4-2-1-3-10(12)15/h1-7,16H,(H,17,18). The van der Waals surface area contributed by atoms with E-state index in [0.29, 0.717) is 0 Å². The number of carboxylic acids is 1. The second kappa shape index (κ2) is 5.93. The van der Waals surface area contributed by atoms with Crippen molar-refractivity contribution in [2.75, 3.05) is 4.72 Å². The van der Waals surface area contributed by atoms with E-state index in [1.165, 1.54) is 36.4 Å². The van der Waals surface area contributed by atoms with Gasteiger partial charge in [-0.25, -0.2) is 13.2 Å². The third-order valence-electron chi connectivity index (χ3n) is 2.58. The van der Waals surface area contributed by atoms with Crippen molar-refractivity contribution in [2.45, 2.75) is 4.90 Å². The smallest absolute Gasteiger partial charge is 0.337 e. The maximum atomic E-state index is 12.3. The van der Waals surface area contributed by atoms with Gasteiger partial charge in [-0.1, -0.05) is 35.3 Å². The minimum Gasteiger partial charge on any atom is -0.478 e. The highest BCUT2D eigenvalue weighted by Crippen LogP contribution is 2.27. The first-order valence-corrected chi connectivity index (χ1v) is 7.85. The molecule has 110 valence electrons. The summed E-state index contributed by atoms with van der Waals surface area (Å²) in [5, 5.41) is 9.31. The Bertz CT molecular complexity index is 806. The number of carboxylic acid groups (broad SMARTS) is 1. The van der Waals surface area contributed by atoms with Crippen LogP contribution in [0.25, 0.3) is 0 Å². The molecule has 0 radical (unpaired) electrons. The van der Waals surface area contributed by atoms with Crippen LogP contribution in [-0.4, -0.2) is 19.5 Å². The lowest BCUT2D eigenvalue weighted by atomic mass is 10.2. The molecule has 0 aliphatic rings. The predicted octanol–water partition coefficient (Wildman–Crippen LogP) is 3.49. The Hall–Kier alpha value is -1.76. The third kappa shape index (κ3) is 3.47. The summed E-state index contributed by atoms with van der Waals surface area (Å²) in [6.45, 7) is 0. The molecule has 8 heteroatoms. The van der Waals surface area contributed by atoms with Crippen LogP contribution in [0.15, 0.2) is 47.4 Å². The summed E-state index contributed by atoms with van der Waals surface area (Å²) in [5.41, 5.74) is -0.343. The second-order valence-electron chi connectivity index (χ2n) is 4.03. The van der Waals surface area contributed by atoms with Crippen LogP contribution >= 0.6 is 23.2 Å². The first kappa shape index (κ1) is 15.6. The van der Waals surface area contributed by atoms with Crippen LogP contribution in [0.2, 0.25) is 10.0 Å². The van der Waals surface area contributed by atoms with E-state index in [0.717, 1.165) is 0 Å². The van der Waals surface area contributed by atoms with Crippen molar-refractivity contribution in [3.63, 3.8) is 0 Å². The van der Waals surface area contributed by atoms with Crippen molar-refractivity contribution < 1.29 is 18.3 Å². The lowest BCUT2D eigenvalue weighted by molar-refractivity contribution is 0.0698.